The van der Waals surface area contributed by atoms with Gasteiger partial charge in [-0.1, -0.05) is 19.8 Å². The summed E-state index contributed by atoms with van der Waals surface area (Å²) in [6.45, 7) is 2.12. The Kier molecular flexibility index (Phi) is 4.95. The molecule has 0 aliphatic heterocycles. The number of carbonyl (C=O) groups is 1. The van der Waals surface area contributed by atoms with E-state index in [1.165, 1.54) is 24.6 Å². The van der Waals surface area contributed by atoms with E-state index in [9.17, 15) is 9.18 Å². The predicted molar refractivity (Wildman–Crippen MR) is 76.8 cm³/mol. The van der Waals surface area contributed by atoms with Gasteiger partial charge in [-0.3, -0.25) is 4.79 Å². The van der Waals surface area contributed by atoms with Crippen LogP contribution in [0.15, 0.2) is 18.2 Å². The third-order valence-electron chi connectivity index (χ3n) is 3.75. The van der Waals surface area contributed by atoms with Gasteiger partial charge in [0.2, 0.25) is 5.91 Å². The molecule has 110 valence electrons. The number of benzene rings is 1. The number of nitrogens with one attached hydrogen (secondary N) is 1. The third kappa shape index (κ3) is 3.93. The van der Waals surface area contributed by atoms with E-state index in [-0.39, 0.29) is 24.3 Å². The highest BCUT2D eigenvalue weighted by Crippen LogP contribution is 2.26. The van der Waals surface area contributed by atoms with E-state index in [1.54, 1.807) is 0 Å². The second-order valence-corrected chi connectivity index (χ2v) is 5.39. The summed E-state index contributed by atoms with van der Waals surface area (Å²) >= 11 is 0. The molecule has 20 heavy (non-hydrogen) atoms. The van der Waals surface area contributed by atoms with Crippen molar-refractivity contribution in [2.45, 2.75) is 38.7 Å². The SMILES string of the molecule is CC1CCCCC1OCC(=O)Nc1cc(F)ccc1N. The van der Waals surface area contributed by atoms with Gasteiger partial charge in [0.25, 0.3) is 0 Å². The lowest BCUT2D eigenvalue weighted by molar-refractivity contribution is -0.124. The first-order chi connectivity index (χ1) is 9.56. The zero-order valence-electron chi connectivity index (χ0n) is 11.7. The summed E-state index contributed by atoms with van der Waals surface area (Å²) in [6, 6.07) is 3.89. The lowest BCUT2D eigenvalue weighted by atomic mass is 9.88. The molecule has 1 amide bonds. The maximum atomic E-state index is 13.1. The fourth-order valence-corrected chi connectivity index (χ4v) is 2.54. The molecule has 4 nitrogen and oxygen atoms in total. The Morgan fingerprint density at radius 1 is 1.45 bits per heavy atom. The molecule has 2 rings (SSSR count). The predicted octanol–water partition coefficient (Wildman–Crippen LogP) is 2.94. The van der Waals surface area contributed by atoms with E-state index in [4.69, 9.17) is 10.5 Å². The monoisotopic (exact) mass is 280 g/mol. The molecule has 2 atom stereocenters. The van der Waals surface area contributed by atoms with Crippen LogP contribution >= 0.6 is 0 Å². The highest BCUT2D eigenvalue weighted by molar-refractivity contribution is 5.94. The smallest absolute Gasteiger partial charge is 0.250 e. The maximum absolute atomic E-state index is 13.1. The van der Waals surface area contributed by atoms with E-state index in [0.29, 0.717) is 11.6 Å². The van der Waals surface area contributed by atoms with Gasteiger partial charge in [0, 0.05) is 0 Å². The minimum Gasteiger partial charge on any atom is -0.397 e. The Balaban J connectivity index is 1.84. The summed E-state index contributed by atoms with van der Waals surface area (Å²) in [5.74, 6) is -0.257. The van der Waals surface area contributed by atoms with Crippen molar-refractivity contribution in [1.82, 2.24) is 0 Å². The molecule has 0 aromatic heterocycles. The Bertz CT molecular complexity index is 479. The van der Waals surface area contributed by atoms with Crippen LogP contribution in [0.4, 0.5) is 15.8 Å². The zero-order valence-corrected chi connectivity index (χ0v) is 11.7. The van der Waals surface area contributed by atoms with Crippen molar-refractivity contribution in [2.75, 3.05) is 17.7 Å². The van der Waals surface area contributed by atoms with Crippen LogP contribution in [0.5, 0.6) is 0 Å². The molecule has 2 unspecified atom stereocenters. The molecule has 1 aliphatic carbocycles. The molecule has 0 radical (unpaired) electrons. The van der Waals surface area contributed by atoms with Gasteiger partial charge in [-0.25, -0.2) is 4.39 Å². The van der Waals surface area contributed by atoms with Crippen LogP contribution < -0.4 is 11.1 Å². The molecule has 5 heteroatoms. The van der Waals surface area contributed by atoms with Gasteiger partial charge in [0.05, 0.1) is 17.5 Å². The van der Waals surface area contributed by atoms with Crippen LogP contribution in [-0.2, 0) is 9.53 Å². The molecule has 0 spiro atoms. The highest BCUT2D eigenvalue weighted by atomic mass is 19.1. The number of anilines is 2. The Morgan fingerprint density at radius 3 is 2.95 bits per heavy atom. The van der Waals surface area contributed by atoms with E-state index in [2.05, 4.69) is 12.2 Å². The molecule has 1 fully saturated rings. The quantitative estimate of drug-likeness (QED) is 0.833. The molecular weight excluding hydrogens is 259 g/mol. The van der Waals surface area contributed by atoms with Crippen LogP contribution in [0.2, 0.25) is 0 Å². The van der Waals surface area contributed by atoms with Crippen LogP contribution in [0, 0.1) is 11.7 Å². The minimum atomic E-state index is -0.434. The van der Waals surface area contributed by atoms with Crippen molar-refractivity contribution in [3.63, 3.8) is 0 Å². The van der Waals surface area contributed by atoms with Crippen molar-refractivity contribution >= 4 is 17.3 Å². The molecular formula is C15H21FN2O2. The summed E-state index contributed by atoms with van der Waals surface area (Å²) < 4.78 is 18.7. The van der Waals surface area contributed by atoms with Crippen LogP contribution in [-0.4, -0.2) is 18.6 Å². The molecule has 3 N–H and O–H groups in total. The first-order valence-corrected chi connectivity index (χ1v) is 7.02. The number of nitrogen functional groups attached to an aromatic ring is 1. The lowest BCUT2D eigenvalue weighted by Crippen LogP contribution is -2.30. The first kappa shape index (κ1) is 14.8. The van der Waals surface area contributed by atoms with Gasteiger partial charge in [0.1, 0.15) is 12.4 Å². The largest absolute Gasteiger partial charge is 0.397 e. The average molecular weight is 280 g/mol. The summed E-state index contributed by atoms with van der Waals surface area (Å²) in [5.41, 5.74) is 6.30. The fourth-order valence-electron chi connectivity index (χ4n) is 2.54. The van der Waals surface area contributed by atoms with Crippen molar-refractivity contribution < 1.29 is 13.9 Å². The number of rotatable bonds is 4. The average Bonchev–Trinajstić information content (AvgIpc) is 2.42. The normalized spacial score (nSPS) is 22.5. The van der Waals surface area contributed by atoms with Crippen LogP contribution in [0.1, 0.15) is 32.6 Å². The van der Waals surface area contributed by atoms with E-state index < -0.39 is 5.82 Å². The Morgan fingerprint density at radius 2 is 2.20 bits per heavy atom. The summed E-state index contributed by atoms with van der Waals surface area (Å²) in [5, 5.41) is 2.58. The second-order valence-electron chi connectivity index (χ2n) is 5.39. The lowest BCUT2D eigenvalue weighted by Gasteiger charge is -2.28. The molecule has 0 heterocycles. The maximum Gasteiger partial charge on any atom is 0.250 e. The van der Waals surface area contributed by atoms with Crippen LogP contribution in [0.3, 0.4) is 0 Å². The van der Waals surface area contributed by atoms with Gasteiger partial charge >= 0.3 is 0 Å². The van der Waals surface area contributed by atoms with Gasteiger partial charge in [-0.05, 0) is 37.0 Å². The second kappa shape index (κ2) is 6.70. The number of ether oxygens (including phenoxy) is 1. The van der Waals surface area contributed by atoms with Gasteiger partial charge in [-0.15, -0.1) is 0 Å². The molecule has 1 aromatic carbocycles. The van der Waals surface area contributed by atoms with Gasteiger partial charge in [-0.2, -0.15) is 0 Å². The van der Waals surface area contributed by atoms with E-state index >= 15 is 0 Å². The number of halogens is 1. The number of carbonyl (C=O) groups excluding carboxylic acids is 1. The minimum absolute atomic E-state index is 0.0229. The first-order valence-electron chi connectivity index (χ1n) is 7.02. The summed E-state index contributed by atoms with van der Waals surface area (Å²) in [6.07, 6.45) is 4.65. The number of nitrogens with two attached hydrogens (primary N) is 1. The highest BCUT2D eigenvalue weighted by Gasteiger charge is 2.22. The molecule has 1 saturated carbocycles. The Labute approximate surface area is 118 Å². The Hall–Kier alpha value is -1.62. The summed E-state index contributed by atoms with van der Waals surface area (Å²) in [7, 11) is 0. The molecule has 1 aromatic rings. The number of amides is 1. The van der Waals surface area contributed by atoms with Gasteiger partial charge < -0.3 is 15.8 Å². The van der Waals surface area contributed by atoms with E-state index in [1.807, 2.05) is 0 Å². The standard InChI is InChI=1S/C15H21FN2O2/c1-10-4-2-3-5-14(10)20-9-15(19)18-13-8-11(16)6-7-12(13)17/h6-8,10,14H,2-5,9,17H2,1H3,(H,18,19). The van der Waals surface area contributed by atoms with Crippen LogP contribution in [0.25, 0.3) is 0 Å². The third-order valence-corrected chi connectivity index (χ3v) is 3.75. The molecule has 0 saturated heterocycles. The van der Waals surface area contributed by atoms with Crippen molar-refractivity contribution in [1.29, 1.82) is 0 Å². The molecule has 1 aliphatic rings. The van der Waals surface area contributed by atoms with Crippen molar-refractivity contribution in [2.24, 2.45) is 5.92 Å². The van der Waals surface area contributed by atoms with Gasteiger partial charge in [0.15, 0.2) is 0 Å². The van der Waals surface area contributed by atoms with Crippen molar-refractivity contribution in [3.05, 3.63) is 24.0 Å². The zero-order chi connectivity index (χ0) is 14.5. The van der Waals surface area contributed by atoms with Crippen molar-refractivity contribution in [3.8, 4) is 0 Å². The fraction of sp³-hybridized carbons (Fsp3) is 0.533. The topological polar surface area (TPSA) is 64.3 Å². The summed E-state index contributed by atoms with van der Waals surface area (Å²) in [4.78, 5) is 11.8. The number of hydrogen-bond acceptors (Lipinski definition) is 3. The molecule has 0 bridgehead atoms. The van der Waals surface area contributed by atoms with E-state index in [0.717, 1.165) is 19.3 Å². The number of hydrogen-bond donors (Lipinski definition) is 2.